The van der Waals surface area contributed by atoms with Crippen LogP contribution in [-0.2, 0) is 6.54 Å². The summed E-state index contributed by atoms with van der Waals surface area (Å²) in [6.45, 7) is 3.51. The number of nitrogens with zero attached hydrogens (tertiary/aromatic N) is 1. The van der Waals surface area contributed by atoms with Crippen LogP contribution in [0.3, 0.4) is 0 Å². The van der Waals surface area contributed by atoms with Crippen molar-refractivity contribution in [1.29, 1.82) is 0 Å². The van der Waals surface area contributed by atoms with E-state index in [-0.39, 0.29) is 5.91 Å². The number of aliphatic imine (C=N–C) groups is 1. The van der Waals surface area contributed by atoms with Crippen molar-refractivity contribution in [3.63, 3.8) is 0 Å². The third kappa shape index (κ3) is 5.88. The molecule has 6 heteroatoms. The summed E-state index contributed by atoms with van der Waals surface area (Å²) in [7, 11) is 0. The van der Waals surface area contributed by atoms with Crippen molar-refractivity contribution in [2.45, 2.75) is 51.6 Å². The van der Waals surface area contributed by atoms with Gasteiger partial charge < -0.3 is 20.4 Å². The fraction of sp³-hybridized carbons (Fsp3) is 0.429. The van der Waals surface area contributed by atoms with Crippen molar-refractivity contribution in [1.82, 2.24) is 10.6 Å². The van der Waals surface area contributed by atoms with E-state index in [1.807, 2.05) is 24.3 Å². The van der Waals surface area contributed by atoms with Crippen molar-refractivity contribution in [2.75, 3.05) is 11.9 Å². The minimum Gasteiger partial charge on any atom is -0.459 e. The predicted octanol–water partition coefficient (Wildman–Crippen LogP) is 3.92. The minimum atomic E-state index is -0.253. The number of nitrogens with one attached hydrogen (secondary N) is 3. The lowest BCUT2D eigenvalue weighted by atomic mass is 9.96. The Kier molecular flexibility index (Phi) is 6.90. The molecule has 144 valence electrons. The molecule has 6 nitrogen and oxygen atoms in total. The van der Waals surface area contributed by atoms with Crippen LogP contribution in [0.25, 0.3) is 0 Å². The van der Waals surface area contributed by atoms with E-state index in [9.17, 15) is 4.79 Å². The van der Waals surface area contributed by atoms with Crippen molar-refractivity contribution in [3.05, 3.63) is 54.0 Å². The van der Waals surface area contributed by atoms with E-state index in [2.05, 4.69) is 22.9 Å². The summed E-state index contributed by atoms with van der Waals surface area (Å²) in [4.78, 5) is 16.7. The summed E-state index contributed by atoms with van der Waals surface area (Å²) in [5.74, 6) is 0.921. The Morgan fingerprint density at radius 1 is 1.15 bits per heavy atom. The average molecular weight is 368 g/mol. The third-order valence-electron chi connectivity index (χ3n) is 4.67. The van der Waals surface area contributed by atoms with E-state index in [1.165, 1.54) is 38.4 Å². The minimum absolute atomic E-state index is 0.253. The highest BCUT2D eigenvalue weighted by Gasteiger charge is 2.14. The molecule has 0 bridgehead atoms. The molecule has 27 heavy (non-hydrogen) atoms. The quantitative estimate of drug-likeness (QED) is 0.533. The number of amides is 1. The Bertz CT molecular complexity index is 732. The van der Waals surface area contributed by atoms with Crippen LogP contribution in [-0.4, -0.2) is 24.5 Å². The fourth-order valence-electron chi connectivity index (χ4n) is 3.22. The highest BCUT2D eigenvalue weighted by molar-refractivity contribution is 6.02. The van der Waals surface area contributed by atoms with Gasteiger partial charge in [-0.05, 0) is 49.6 Å². The number of hydrogen-bond acceptors (Lipinski definition) is 3. The zero-order chi connectivity index (χ0) is 18.9. The second-order valence-corrected chi connectivity index (χ2v) is 6.80. The van der Waals surface area contributed by atoms with E-state index in [1.54, 1.807) is 12.1 Å². The van der Waals surface area contributed by atoms with Crippen LogP contribution in [0.5, 0.6) is 0 Å². The zero-order valence-corrected chi connectivity index (χ0v) is 15.8. The first-order valence-corrected chi connectivity index (χ1v) is 9.73. The van der Waals surface area contributed by atoms with Crippen LogP contribution in [0.2, 0.25) is 0 Å². The molecule has 0 aliphatic heterocycles. The maximum Gasteiger partial charge on any atom is 0.291 e. The van der Waals surface area contributed by atoms with Gasteiger partial charge in [0.25, 0.3) is 5.91 Å². The van der Waals surface area contributed by atoms with E-state index >= 15 is 0 Å². The summed E-state index contributed by atoms with van der Waals surface area (Å²) in [6.07, 6.45) is 7.85. The van der Waals surface area contributed by atoms with E-state index in [0.717, 1.165) is 23.8 Å². The molecule has 0 spiro atoms. The van der Waals surface area contributed by atoms with Crippen LogP contribution < -0.4 is 16.0 Å². The number of benzene rings is 1. The molecule has 2 aromatic rings. The highest BCUT2D eigenvalue weighted by Crippen LogP contribution is 2.17. The molecule has 1 aromatic carbocycles. The summed E-state index contributed by atoms with van der Waals surface area (Å²) in [5.41, 5.74) is 1.82. The standard InChI is InChI=1S/C21H28N4O2/c1-2-22-21(25-17-7-4-3-5-8-17)23-15-16-10-12-18(13-11-16)24-20(26)19-9-6-14-27-19/h6,9-14,17H,2-5,7-8,15H2,1H3,(H,24,26)(H2,22,23,25). The molecular formula is C21H28N4O2. The van der Waals surface area contributed by atoms with Crippen molar-refractivity contribution in [3.8, 4) is 0 Å². The van der Waals surface area contributed by atoms with Crippen molar-refractivity contribution in [2.24, 2.45) is 4.99 Å². The normalized spacial score (nSPS) is 15.4. The van der Waals surface area contributed by atoms with Gasteiger partial charge in [0.1, 0.15) is 0 Å². The average Bonchev–Trinajstić information content (AvgIpc) is 3.23. The van der Waals surface area contributed by atoms with Crippen molar-refractivity contribution >= 4 is 17.6 Å². The second kappa shape index (κ2) is 9.80. The number of rotatable bonds is 6. The molecule has 3 N–H and O–H groups in total. The Morgan fingerprint density at radius 2 is 1.93 bits per heavy atom. The predicted molar refractivity (Wildman–Crippen MR) is 108 cm³/mol. The molecule has 0 unspecified atom stereocenters. The summed E-state index contributed by atoms with van der Waals surface area (Å²) >= 11 is 0. The molecule has 1 aliphatic rings. The zero-order valence-electron chi connectivity index (χ0n) is 15.8. The van der Waals surface area contributed by atoms with Crippen LogP contribution in [0.4, 0.5) is 5.69 Å². The molecule has 3 rings (SSSR count). The summed E-state index contributed by atoms with van der Waals surface area (Å²) in [6, 6.07) is 11.6. The Labute approximate surface area is 160 Å². The van der Waals surface area contributed by atoms with Gasteiger partial charge in [0.15, 0.2) is 11.7 Å². The fourth-order valence-corrected chi connectivity index (χ4v) is 3.22. The van der Waals surface area contributed by atoms with Gasteiger partial charge in [-0.3, -0.25) is 4.79 Å². The maximum atomic E-state index is 12.0. The molecule has 0 atom stereocenters. The molecular weight excluding hydrogens is 340 g/mol. The van der Waals surface area contributed by atoms with Crippen LogP contribution in [0.1, 0.15) is 55.1 Å². The molecule has 0 saturated heterocycles. The first-order valence-electron chi connectivity index (χ1n) is 9.73. The van der Waals surface area contributed by atoms with Gasteiger partial charge in [-0.1, -0.05) is 31.4 Å². The Hall–Kier alpha value is -2.76. The number of guanidine groups is 1. The molecule has 1 heterocycles. The lowest BCUT2D eigenvalue weighted by molar-refractivity contribution is 0.0996. The lowest BCUT2D eigenvalue weighted by Gasteiger charge is -2.24. The van der Waals surface area contributed by atoms with Gasteiger partial charge in [0.05, 0.1) is 12.8 Å². The van der Waals surface area contributed by atoms with Gasteiger partial charge in [-0.2, -0.15) is 0 Å². The smallest absolute Gasteiger partial charge is 0.291 e. The second-order valence-electron chi connectivity index (χ2n) is 6.80. The van der Waals surface area contributed by atoms with Gasteiger partial charge in [-0.25, -0.2) is 4.99 Å². The Morgan fingerprint density at radius 3 is 2.59 bits per heavy atom. The number of anilines is 1. The first-order chi connectivity index (χ1) is 13.2. The van der Waals surface area contributed by atoms with Crippen LogP contribution in [0.15, 0.2) is 52.1 Å². The number of furan rings is 1. The highest BCUT2D eigenvalue weighted by atomic mass is 16.3. The molecule has 1 aromatic heterocycles. The van der Waals surface area contributed by atoms with Gasteiger partial charge in [-0.15, -0.1) is 0 Å². The van der Waals surface area contributed by atoms with Gasteiger partial charge in [0, 0.05) is 18.3 Å². The maximum absolute atomic E-state index is 12.0. The van der Waals surface area contributed by atoms with Crippen LogP contribution >= 0.6 is 0 Å². The molecule has 1 fully saturated rings. The Balaban J connectivity index is 1.55. The van der Waals surface area contributed by atoms with E-state index in [4.69, 9.17) is 9.41 Å². The first kappa shape index (κ1) is 19.0. The topological polar surface area (TPSA) is 78.7 Å². The van der Waals surface area contributed by atoms with Gasteiger partial charge >= 0.3 is 0 Å². The lowest BCUT2D eigenvalue weighted by Crippen LogP contribution is -2.44. The largest absolute Gasteiger partial charge is 0.459 e. The molecule has 1 aliphatic carbocycles. The van der Waals surface area contributed by atoms with E-state index < -0.39 is 0 Å². The molecule has 1 saturated carbocycles. The van der Waals surface area contributed by atoms with Gasteiger partial charge in [0.2, 0.25) is 0 Å². The third-order valence-corrected chi connectivity index (χ3v) is 4.67. The number of hydrogen-bond donors (Lipinski definition) is 3. The summed E-state index contributed by atoms with van der Waals surface area (Å²) in [5, 5.41) is 9.69. The van der Waals surface area contributed by atoms with E-state index in [0.29, 0.717) is 18.3 Å². The molecule has 1 amide bonds. The summed E-state index contributed by atoms with van der Waals surface area (Å²) < 4.78 is 5.10. The number of carbonyl (C=O) groups excluding carboxylic acids is 1. The SMILES string of the molecule is CCNC(=NCc1ccc(NC(=O)c2ccco2)cc1)NC1CCCCC1. The van der Waals surface area contributed by atoms with Crippen molar-refractivity contribution < 1.29 is 9.21 Å². The molecule has 0 radical (unpaired) electrons. The number of carbonyl (C=O) groups is 1. The van der Waals surface area contributed by atoms with Crippen LogP contribution in [0, 0.1) is 0 Å². The monoisotopic (exact) mass is 368 g/mol.